The molecule has 5 aliphatic carbocycles. The Morgan fingerprint density at radius 1 is 1.08 bits per heavy atom. The van der Waals surface area contributed by atoms with Gasteiger partial charge in [0.2, 0.25) is 5.88 Å². The highest BCUT2D eigenvalue weighted by atomic mass is 16.5. The minimum absolute atomic E-state index is 0.0971. The molecule has 5 saturated carbocycles. The van der Waals surface area contributed by atoms with Crippen LogP contribution in [0.2, 0.25) is 0 Å². The lowest BCUT2D eigenvalue weighted by atomic mass is 9.54. The van der Waals surface area contributed by atoms with Gasteiger partial charge in [-0.1, -0.05) is 25.3 Å². The van der Waals surface area contributed by atoms with Crippen molar-refractivity contribution in [1.29, 1.82) is 0 Å². The highest BCUT2D eigenvalue weighted by Gasteiger charge is 2.52. The van der Waals surface area contributed by atoms with E-state index in [2.05, 4.69) is 5.32 Å². The number of aromatic carboxylic acids is 1. The molecule has 1 aromatic carbocycles. The van der Waals surface area contributed by atoms with Gasteiger partial charge in [0.05, 0.1) is 30.9 Å². The van der Waals surface area contributed by atoms with Crippen LogP contribution in [-0.2, 0) is 11.3 Å². The lowest BCUT2D eigenvalue weighted by Crippen LogP contribution is -2.51. The van der Waals surface area contributed by atoms with Crippen LogP contribution in [0.5, 0.6) is 5.88 Å². The van der Waals surface area contributed by atoms with Gasteiger partial charge in [-0.2, -0.15) is 5.10 Å². The predicted molar refractivity (Wildman–Crippen MR) is 138 cm³/mol. The lowest BCUT2D eigenvalue weighted by molar-refractivity contribution is -0.169. The number of carbonyl (C=O) groups is 2. The first-order valence-corrected chi connectivity index (χ1v) is 13.9. The van der Waals surface area contributed by atoms with E-state index >= 15 is 0 Å². The third kappa shape index (κ3) is 4.76. The smallest absolute Gasteiger partial charge is 0.335 e. The Hall–Kier alpha value is -2.87. The molecule has 0 atom stereocenters. The summed E-state index contributed by atoms with van der Waals surface area (Å²) < 4.78 is 14.5. The number of aromatic nitrogens is 2. The van der Waals surface area contributed by atoms with Gasteiger partial charge in [-0.15, -0.1) is 0 Å². The van der Waals surface area contributed by atoms with Crippen LogP contribution in [0.25, 0.3) is 0 Å². The minimum Gasteiger partial charge on any atom is -0.481 e. The first-order chi connectivity index (χ1) is 17.9. The average molecular weight is 508 g/mol. The number of carboxylic acids is 1. The zero-order chi connectivity index (χ0) is 25.6. The number of benzene rings is 1. The van der Waals surface area contributed by atoms with Gasteiger partial charge in [-0.3, -0.25) is 4.79 Å². The van der Waals surface area contributed by atoms with Gasteiger partial charge in [0.25, 0.3) is 5.91 Å². The van der Waals surface area contributed by atoms with E-state index in [1.165, 1.54) is 37.8 Å². The van der Waals surface area contributed by atoms with Gasteiger partial charge < -0.3 is 19.9 Å². The zero-order valence-electron chi connectivity index (χ0n) is 21.6. The predicted octanol–water partition coefficient (Wildman–Crippen LogP) is 5.83. The summed E-state index contributed by atoms with van der Waals surface area (Å²) in [4.78, 5) is 25.1. The van der Waals surface area contributed by atoms with Crippen molar-refractivity contribution in [3.8, 4) is 5.88 Å². The molecule has 2 N–H and O–H groups in total. The number of amides is 1. The van der Waals surface area contributed by atoms with E-state index in [1.807, 2.05) is 4.68 Å². The molecule has 0 unspecified atom stereocenters. The average Bonchev–Trinajstić information content (AvgIpc) is 3.26. The Kier molecular flexibility index (Phi) is 6.47. The van der Waals surface area contributed by atoms with Crippen LogP contribution in [0.1, 0.15) is 103 Å². The number of nitrogens with one attached hydrogen (secondary N) is 1. The van der Waals surface area contributed by atoms with Gasteiger partial charge in [-0.05, 0) is 87.3 Å². The zero-order valence-corrected chi connectivity index (χ0v) is 21.6. The molecule has 5 aliphatic rings. The van der Waals surface area contributed by atoms with E-state index in [1.54, 1.807) is 19.2 Å². The van der Waals surface area contributed by atoms with Crippen LogP contribution < -0.4 is 10.1 Å². The monoisotopic (exact) mass is 507 g/mol. The maximum atomic E-state index is 13.7. The molecule has 2 aromatic rings. The summed E-state index contributed by atoms with van der Waals surface area (Å²) >= 11 is 0. The normalized spacial score (nSPS) is 28.8. The third-order valence-corrected chi connectivity index (χ3v) is 9.14. The van der Waals surface area contributed by atoms with Gasteiger partial charge in [0, 0.05) is 5.69 Å². The number of methoxy groups -OCH3 is 1. The summed E-state index contributed by atoms with van der Waals surface area (Å²) in [7, 11) is 1.59. The van der Waals surface area contributed by atoms with Gasteiger partial charge in [0.1, 0.15) is 11.3 Å². The first kappa shape index (κ1) is 24.5. The summed E-state index contributed by atoms with van der Waals surface area (Å²) in [5.74, 6) is 1.37. The second-order valence-corrected chi connectivity index (χ2v) is 11.8. The second-order valence-electron chi connectivity index (χ2n) is 11.8. The number of anilines is 1. The molecule has 7 rings (SSSR count). The summed E-state index contributed by atoms with van der Waals surface area (Å²) in [6.07, 6.45) is 12.9. The molecule has 1 heterocycles. The fraction of sp³-hybridized carbons (Fsp3) is 0.621. The van der Waals surface area contributed by atoms with Crippen molar-refractivity contribution in [1.82, 2.24) is 9.78 Å². The molecule has 5 fully saturated rings. The Labute approximate surface area is 217 Å². The molecule has 37 heavy (non-hydrogen) atoms. The van der Waals surface area contributed by atoms with Crippen molar-refractivity contribution in [2.24, 2.45) is 17.8 Å². The number of carbonyl (C=O) groups excluding carboxylic acids is 1. The lowest BCUT2D eigenvalue weighted by Gasteiger charge is -2.56. The van der Waals surface area contributed by atoms with Crippen molar-refractivity contribution in [2.45, 2.75) is 88.9 Å². The largest absolute Gasteiger partial charge is 0.481 e. The highest BCUT2D eigenvalue weighted by Crippen LogP contribution is 2.57. The number of hydrogen-bond donors (Lipinski definition) is 2. The Bertz CT molecular complexity index is 1150. The van der Waals surface area contributed by atoms with Crippen LogP contribution in [0, 0.1) is 17.8 Å². The van der Waals surface area contributed by atoms with Gasteiger partial charge in [0.15, 0.2) is 0 Å². The van der Waals surface area contributed by atoms with Crippen molar-refractivity contribution in [3.63, 3.8) is 0 Å². The van der Waals surface area contributed by atoms with Crippen LogP contribution in [-0.4, -0.2) is 39.5 Å². The summed E-state index contributed by atoms with van der Waals surface area (Å²) in [6.45, 7) is 0.278. The standard InChI is InChI=1S/C29H37N3O5/c1-36-27-25(26(33)30-22-7-5-6-21(13-22)28(34)35)24(31-32(27)23-8-3-2-4-9-23)17-37-29-14-18-10-19(15-29)12-20(11-18)16-29/h5-7,13,18-20,23H,2-4,8-12,14-17H2,1H3,(H,30,33)(H,34,35). The van der Waals surface area contributed by atoms with Crippen molar-refractivity contribution in [3.05, 3.63) is 41.1 Å². The number of rotatable bonds is 8. The summed E-state index contributed by atoms with van der Waals surface area (Å²) in [5.41, 5.74) is 1.43. The maximum Gasteiger partial charge on any atom is 0.335 e. The van der Waals surface area contributed by atoms with Crippen LogP contribution in [0.15, 0.2) is 24.3 Å². The molecule has 8 heteroatoms. The fourth-order valence-electron chi connectivity index (χ4n) is 7.91. The van der Waals surface area contributed by atoms with Crippen molar-refractivity contribution >= 4 is 17.6 Å². The molecular weight excluding hydrogens is 470 g/mol. The molecule has 1 aromatic heterocycles. The van der Waals surface area contributed by atoms with Crippen LogP contribution in [0.4, 0.5) is 5.69 Å². The molecule has 1 amide bonds. The second kappa shape index (κ2) is 9.78. The molecule has 4 bridgehead atoms. The Balaban J connectivity index is 1.30. The van der Waals surface area contributed by atoms with Crippen molar-refractivity contribution < 1.29 is 24.2 Å². The molecule has 8 nitrogen and oxygen atoms in total. The number of ether oxygens (including phenoxy) is 2. The highest BCUT2D eigenvalue weighted by molar-refractivity contribution is 6.07. The van der Waals surface area contributed by atoms with E-state index in [0.717, 1.165) is 62.7 Å². The summed E-state index contributed by atoms with van der Waals surface area (Å²) in [5, 5.41) is 17.2. The summed E-state index contributed by atoms with van der Waals surface area (Å²) in [6, 6.07) is 6.47. The van der Waals surface area contributed by atoms with E-state index in [-0.39, 0.29) is 29.7 Å². The van der Waals surface area contributed by atoms with E-state index < -0.39 is 5.97 Å². The number of carboxylic acid groups (broad SMARTS) is 1. The third-order valence-electron chi connectivity index (χ3n) is 9.14. The minimum atomic E-state index is -1.04. The number of hydrogen-bond acceptors (Lipinski definition) is 5. The van der Waals surface area contributed by atoms with Gasteiger partial charge in [-0.25, -0.2) is 9.48 Å². The molecule has 198 valence electrons. The molecule has 0 spiro atoms. The van der Waals surface area contributed by atoms with Crippen LogP contribution >= 0.6 is 0 Å². The Morgan fingerprint density at radius 3 is 2.38 bits per heavy atom. The maximum absolute atomic E-state index is 13.7. The topological polar surface area (TPSA) is 103 Å². The van der Waals surface area contributed by atoms with E-state index in [9.17, 15) is 14.7 Å². The molecule has 0 aliphatic heterocycles. The molecule has 0 saturated heterocycles. The molecular formula is C29H37N3O5. The fourth-order valence-corrected chi connectivity index (χ4v) is 7.91. The van der Waals surface area contributed by atoms with Crippen molar-refractivity contribution in [2.75, 3.05) is 12.4 Å². The molecule has 0 radical (unpaired) electrons. The van der Waals surface area contributed by atoms with E-state index in [4.69, 9.17) is 14.6 Å². The number of nitrogens with zero attached hydrogens (tertiary/aromatic N) is 2. The van der Waals surface area contributed by atoms with Crippen LogP contribution in [0.3, 0.4) is 0 Å². The van der Waals surface area contributed by atoms with Gasteiger partial charge >= 0.3 is 5.97 Å². The first-order valence-electron chi connectivity index (χ1n) is 13.9. The SMILES string of the molecule is COc1c(C(=O)Nc2cccc(C(=O)O)c2)c(COC23CC4CC(CC(C4)C2)C3)nn1C1CCCCC1. The Morgan fingerprint density at radius 2 is 1.76 bits per heavy atom. The van der Waals surface area contributed by atoms with E-state index in [0.29, 0.717) is 22.8 Å². The quantitative estimate of drug-likeness (QED) is 0.466.